The van der Waals surface area contributed by atoms with E-state index in [0.29, 0.717) is 0 Å². The monoisotopic (exact) mass is 89.0 g/mol. The Labute approximate surface area is 37.3 Å². The molecular weight excluding hydrogens is 82.1 g/mol. The molecule has 0 unspecified atom stereocenters. The zero-order chi connectivity index (χ0) is 4.12. The van der Waals surface area contributed by atoms with E-state index in [9.17, 15) is 0 Å². The van der Waals surface area contributed by atoms with Crippen molar-refractivity contribution in [2.45, 2.75) is 6.42 Å². The SMILES string of the molecule is N=CCCS. The first-order chi connectivity index (χ1) is 2.41. The molecule has 0 amide bonds. The van der Waals surface area contributed by atoms with Crippen LogP contribution in [0.2, 0.25) is 0 Å². The maximum Gasteiger partial charge on any atom is -0.00396 e. The molecular formula is C3H7NS. The van der Waals surface area contributed by atoms with E-state index < -0.39 is 0 Å². The quantitative estimate of drug-likeness (QED) is 0.372. The lowest BCUT2D eigenvalue weighted by molar-refractivity contribution is 1.32. The summed E-state index contributed by atoms with van der Waals surface area (Å²) in [5, 5.41) is 6.43. The fourth-order valence-electron chi connectivity index (χ4n) is 0.0645. The molecule has 0 spiro atoms. The zero-order valence-corrected chi connectivity index (χ0v) is 3.83. The van der Waals surface area contributed by atoms with Crippen LogP contribution in [0.4, 0.5) is 0 Å². The molecule has 0 aromatic heterocycles. The fourth-order valence-corrected chi connectivity index (χ4v) is 0.194. The van der Waals surface area contributed by atoms with E-state index in [2.05, 4.69) is 12.6 Å². The van der Waals surface area contributed by atoms with Gasteiger partial charge in [0, 0.05) is 0 Å². The van der Waals surface area contributed by atoms with Gasteiger partial charge in [-0.25, -0.2) is 0 Å². The van der Waals surface area contributed by atoms with Crippen LogP contribution in [0.5, 0.6) is 0 Å². The van der Waals surface area contributed by atoms with E-state index in [1.54, 1.807) is 0 Å². The van der Waals surface area contributed by atoms with Gasteiger partial charge in [0.05, 0.1) is 0 Å². The number of nitrogens with one attached hydrogen (secondary N) is 1. The van der Waals surface area contributed by atoms with Gasteiger partial charge >= 0.3 is 0 Å². The minimum absolute atomic E-state index is 0.795. The minimum Gasteiger partial charge on any atom is -0.313 e. The molecule has 0 aromatic carbocycles. The summed E-state index contributed by atoms with van der Waals surface area (Å²) < 4.78 is 0. The molecule has 0 fully saturated rings. The maximum atomic E-state index is 6.43. The highest BCUT2D eigenvalue weighted by atomic mass is 32.1. The summed E-state index contributed by atoms with van der Waals surface area (Å²) in [6.07, 6.45) is 2.15. The summed E-state index contributed by atoms with van der Waals surface area (Å²) in [4.78, 5) is 0. The largest absolute Gasteiger partial charge is 0.313 e. The molecule has 0 heterocycles. The standard InChI is InChI=1S/C3H7NS/c4-2-1-3-5/h2,4-5H,1,3H2. The summed E-state index contributed by atoms with van der Waals surface area (Å²) in [6.45, 7) is 0. The number of thiol groups is 1. The van der Waals surface area contributed by atoms with Crippen molar-refractivity contribution in [3.05, 3.63) is 0 Å². The van der Waals surface area contributed by atoms with Gasteiger partial charge < -0.3 is 5.41 Å². The summed E-state index contributed by atoms with van der Waals surface area (Å²) in [6, 6.07) is 0. The smallest absolute Gasteiger partial charge is 0.00396 e. The Kier molecular flexibility index (Phi) is 4.04. The normalized spacial score (nSPS) is 7.40. The molecule has 0 aromatic rings. The van der Waals surface area contributed by atoms with Crippen molar-refractivity contribution < 1.29 is 0 Å². The first-order valence-electron chi connectivity index (χ1n) is 1.51. The molecule has 0 aliphatic carbocycles. The van der Waals surface area contributed by atoms with Crippen LogP contribution in [0.15, 0.2) is 0 Å². The van der Waals surface area contributed by atoms with E-state index in [0.717, 1.165) is 12.2 Å². The topological polar surface area (TPSA) is 23.9 Å². The van der Waals surface area contributed by atoms with Crippen LogP contribution in [0.1, 0.15) is 6.42 Å². The van der Waals surface area contributed by atoms with Gasteiger partial charge in [-0.15, -0.1) is 0 Å². The van der Waals surface area contributed by atoms with E-state index in [-0.39, 0.29) is 0 Å². The van der Waals surface area contributed by atoms with Crippen LogP contribution in [0.3, 0.4) is 0 Å². The molecule has 2 heteroatoms. The van der Waals surface area contributed by atoms with Gasteiger partial charge in [-0.05, 0) is 18.4 Å². The Balaban J connectivity index is 2.40. The van der Waals surface area contributed by atoms with Crippen LogP contribution in [0, 0.1) is 5.41 Å². The molecule has 0 radical (unpaired) electrons. The molecule has 30 valence electrons. The van der Waals surface area contributed by atoms with Crippen LogP contribution in [-0.2, 0) is 0 Å². The van der Waals surface area contributed by atoms with Crippen molar-refractivity contribution in [1.82, 2.24) is 0 Å². The second-order valence-electron chi connectivity index (χ2n) is 0.716. The molecule has 1 nitrogen and oxygen atoms in total. The molecule has 0 atom stereocenters. The second-order valence-corrected chi connectivity index (χ2v) is 1.16. The Bertz CT molecular complexity index is 28.1. The molecule has 1 N–H and O–H groups in total. The highest BCUT2D eigenvalue weighted by Crippen LogP contribution is 1.73. The number of rotatable bonds is 2. The lowest BCUT2D eigenvalue weighted by atomic mass is 10.5. The molecule has 0 bridgehead atoms. The molecule has 0 saturated carbocycles. The van der Waals surface area contributed by atoms with E-state index >= 15 is 0 Å². The first-order valence-corrected chi connectivity index (χ1v) is 2.15. The van der Waals surface area contributed by atoms with Gasteiger partial charge in [0.2, 0.25) is 0 Å². The summed E-state index contributed by atoms with van der Waals surface area (Å²) in [5.74, 6) is 0.795. The van der Waals surface area contributed by atoms with E-state index in [1.165, 1.54) is 6.21 Å². The molecule has 0 rings (SSSR count). The predicted octanol–water partition coefficient (Wildman–Crippen LogP) is 0.956. The van der Waals surface area contributed by atoms with E-state index in [1.807, 2.05) is 0 Å². The third-order valence-electron chi connectivity index (χ3n) is 0.273. The lowest BCUT2D eigenvalue weighted by Gasteiger charge is -1.71. The fraction of sp³-hybridized carbons (Fsp3) is 0.667. The number of hydrogen-bond acceptors (Lipinski definition) is 2. The van der Waals surface area contributed by atoms with Crippen LogP contribution < -0.4 is 0 Å². The highest BCUT2D eigenvalue weighted by Gasteiger charge is 1.64. The van der Waals surface area contributed by atoms with Gasteiger partial charge in [-0.2, -0.15) is 12.6 Å². The van der Waals surface area contributed by atoms with Crippen LogP contribution in [-0.4, -0.2) is 12.0 Å². The van der Waals surface area contributed by atoms with Crippen molar-refractivity contribution in [3.8, 4) is 0 Å². The first kappa shape index (κ1) is 5.02. The third-order valence-corrected chi connectivity index (χ3v) is 0.532. The number of hydrogen-bond donors (Lipinski definition) is 2. The van der Waals surface area contributed by atoms with E-state index in [4.69, 9.17) is 5.41 Å². The van der Waals surface area contributed by atoms with Gasteiger partial charge in [0.25, 0.3) is 0 Å². The Hall–Kier alpha value is 0.0200. The van der Waals surface area contributed by atoms with Gasteiger partial charge in [-0.1, -0.05) is 0 Å². The lowest BCUT2D eigenvalue weighted by Crippen LogP contribution is -1.69. The van der Waals surface area contributed by atoms with Crippen molar-refractivity contribution in [3.63, 3.8) is 0 Å². The Morgan fingerprint density at radius 3 is 2.40 bits per heavy atom. The summed E-state index contributed by atoms with van der Waals surface area (Å²) in [5.41, 5.74) is 0. The van der Waals surface area contributed by atoms with Crippen molar-refractivity contribution in [1.29, 1.82) is 5.41 Å². The van der Waals surface area contributed by atoms with Gasteiger partial charge in [0.15, 0.2) is 0 Å². The molecule has 0 aliphatic rings. The highest BCUT2D eigenvalue weighted by molar-refractivity contribution is 7.80. The van der Waals surface area contributed by atoms with Crippen molar-refractivity contribution in [2.24, 2.45) is 0 Å². The minimum atomic E-state index is 0.795. The summed E-state index contributed by atoms with van der Waals surface area (Å²) >= 11 is 3.85. The third kappa shape index (κ3) is 4.02. The summed E-state index contributed by atoms with van der Waals surface area (Å²) in [7, 11) is 0. The van der Waals surface area contributed by atoms with Crippen molar-refractivity contribution in [2.75, 3.05) is 5.75 Å². The average molecular weight is 89.2 g/mol. The van der Waals surface area contributed by atoms with Gasteiger partial charge in [-0.3, -0.25) is 0 Å². The molecule has 5 heavy (non-hydrogen) atoms. The molecule has 0 saturated heterocycles. The molecule has 0 aliphatic heterocycles. The van der Waals surface area contributed by atoms with Crippen LogP contribution in [0.25, 0.3) is 0 Å². The Morgan fingerprint density at radius 2 is 2.40 bits per heavy atom. The predicted molar refractivity (Wildman–Crippen MR) is 27.3 cm³/mol. The van der Waals surface area contributed by atoms with Gasteiger partial charge in [0.1, 0.15) is 0 Å². The second kappa shape index (κ2) is 4.02. The van der Waals surface area contributed by atoms with Crippen LogP contribution >= 0.6 is 12.6 Å². The maximum absolute atomic E-state index is 6.43. The average Bonchev–Trinajstić information content (AvgIpc) is 1.41. The Morgan fingerprint density at radius 1 is 1.80 bits per heavy atom. The zero-order valence-electron chi connectivity index (χ0n) is 2.94. The van der Waals surface area contributed by atoms with Crippen molar-refractivity contribution >= 4 is 18.8 Å².